The lowest BCUT2D eigenvalue weighted by Gasteiger charge is -2.23. The molecular formula is C14H22N2. The minimum atomic E-state index is 0.588. The molecule has 0 saturated carbocycles. The van der Waals surface area contributed by atoms with Gasteiger partial charge in [-0.05, 0) is 17.9 Å². The minimum absolute atomic E-state index is 0.588. The van der Waals surface area contributed by atoms with Crippen LogP contribution in [0.1, 0.15) is 25.3 Å². The highest BCUT2D eigenvalue weighted by Gasteiger charge is 2.29. The Bertz CT molecular complexity index is 310. The summed E-state index contributed by atoms with van der Waals surface area (Å²) in [7, 11) is 0. The van der Waals surface area contributed by atoms with Crippen LogP contribution in [0, 0.1) is 5.92 Å². The Morgan fingerprint density at radius 1 is 1.31 bits per heavy atom. The van der Waals surface area contributed by atoms with E-state index in [0.717, 1.165) is 19.0 Å². The predicted octanol–water partition coefficient (Wildman–Crippen LogP) is 2.25. The number of nitrogens with zero attached hydrogens (tertiary/aromatic N) is 1. The fourth-order valence-corrected chi connectivity index (χ4v) is 2.64. The standard InChI is InChI=1S/C14H22N2/c1-2-12-8-14(9-15)16(10-12)11-13-6-4-3-5-7-13/h3-7,12,14H,2,8-11,15H2,1H3/t12-,14-/m0/s1. The van der Waals surface area contributed by atoms with Crippen molar-refractivity contribution in [3.63, 3.8) is 0 Å². The van der Waals surface area contributed by atoms with Crippen LogP contribution in [0.25, 0.3) is 0 Å². The molecule has 0 radical (unpaired) electrons. The van der Waals surface area contributed by atoms with Gasteiger partial charge in [0.15, 0.2) is 0 Å². The van der Waals surface area contributed by atoms with Crippen molar-refractivity contribution in [3.05, 3.63) is 35.9 Å². The van der Waals surface area contributed by atoms with Gasteiger partial charge in [0.05, 0.1) is 0 Å². The zero-order valence-electron chi connectivity index (χ0n) is 10.1. The van der Waals surface area contributed by atoms with Gasteiger partial charge >= 0.3 is 0 Å². The van der Waals surface area contributed by atoms with E-state index in [1.165, 1.54) is 24.9 Å². The van der Waals surface area contributed by atoms with Crippen molar-refractivity contribution in [1.82, 2.24) is 4.90 Å². The Balaban J connectivity index is 1.98. The van der Waals surface area contributed by atoms with E-state index in [1.54, 1.807) is 0 Å². The second-order valence-corrected chi connectivity index (χ2v) is 4.81. The van der Waals surface area contributed by atoms with Gasteiger partial charge in [-0.3, -0.25) is 4.90 Å². The topological polar surface area (TPSA) is 29.3 Å². The van der Waals surface area contributed by atoms with Crippen LogP contribution in [0.5, 0.6) is 0 Å². The summed E-state index contributed by atoms with van der Waals surface area (Å²) in [5.74, 6) is 0.845. The maximum absolute atomic E-state index is 5.85. The molecule has 1 aliphatic rings. The maximum atomic E-state index is 5.85. The van der Waals surface area contributed by atoms with E-state index in [1.807, 2.05) is 0 Å². The van der Waals surface area contributed by atoms with Crippen molar-refractivity contribution in [2.75, 3.05) is 13.1 Å². The van der Waals surface area contributed by atoms with Crippen molar-refractivity contribution in [2.24, 2.45) is 11.7 Å². The van der Waals surface area contributed by atoms with Gasteiger partial charge in [0.1, 0.15) is 0 Å². The lowest BCUT2D eigenvalue weighted by molar-refractivity contribution is 0.246. The molecule has 0 spiro atoms. The molecule has 1 saturated heterocycles. The minimum Gasteiger partial charge on any atom is -0.329 e. The van der Waals surface area contributed by atoms with Gasteiger partial charge in [-0.15, -0.1) is 0 Å². The highest BCUT2D eigenvalue weighted by Crippen LogP contribution is 2.26. The number of hydrogen-bond acceptors (Lipinski definition) is 2. The SMILES string of the molecule is CC[C@H]1C[C@@H](CN)N(Cc2ccccc2)C1. The molecule has 2 nitrogen and oxygen atoms in total. The van der Waals surface area contributed by atoms with Crippen LogP contribution in [-0.4, -0.2) is 24.0 Å². The summed E-state index contributed by atoms with van der Waals surface area (Å²) in [6.45, 7) is 5.35. The predicted molar refractivity (Wildman–Crippen MR) is 68.1 cm³/mol. The van der Waals surface area contributed by atoms with E-state index in [0.29, 0.717) is 6.04 Å². The Kier molecular flexibility index (Phi) is 3.97. The van der Waals surface area contributed by atoms with E-state index in [9.17, 15) is 0 Å². The number of likely N-dealkylation sites (tertiary alicyclic amines) is 1. The zero-order chi connectivity index (χ0) is 11.4. The first kappa shape index (κ1) is 11.6. The van der Waals surface area contributed by atoms with Crippen LogP contribution in [0.3, 0.4) is 0 Å². The first-order valence-electron chi connectivity index (χ1n) is 6.31. The van der Waals surface area contributed by atoms with Crippen molar-refractivity contribution in [3.8, 4) is 0 Å². The highest BCUT2D eigenvalue weighted by atomic mass is 15.2. The summed E-state index contributed by atoms with van der Waals surface area (Å²) in [5, 5.41) is 0. The smallest absolute Gasteiger partial charge is 0.0237 e. The summed E-state index contributed by atoms with van der Waals surface area (Å²) < 4.78 is 0. The van der Waals surface area contributed by atoms with Crippen LogP contribution < -0.4 is 5.73 Å². The van der Waals surface area contributed by atoms with E-state index in [-0.39, 0.29) is 0 Å². The van der Waals surface area contributed by atoms with E-state index in [2.05, 4.69) is 42.2 Å². The number of hydrogen-bond donors (Lipinski definition) is 1. The number of benzene rings is 1. The average molecular weight is 218 g/mol. The molecule has 1 aliphatic heterocycles. The third-order valence-corrected chi connectivity index (χ3v) is 3.69. The van der Waals surface area contributed by atoms with E-state index < -0.39 is 0 Å². The Morgan fingerprint density at radius 3 is 2.69 bits per heavy atom. The molecule has 16 heavy (non-hydrogen) atoms. The Morgan fingerprint density at radius 2 is 2.06 bits per heavy atom. The lowest BCUT2D eigenvalue weighted by atomic mass is 10.0. The van der Waals surface area contributed by atoms with Gasteiger partial charge in [-0.2, -0.15) is 0 Å². The third-order valence-electron chi connectivity index (χ3n) is 3.69. The Hall–Kier alpha value is -0.860. The summed E-state index contributed by atoms with van der Waals surface area (Å²) >= 11 is 0. The van der Waals surface area contributed by atoms with Crippen molar-refractivity contribution in [2.45, 2.75) is 32.4 Å². The molecule has 2 N–H and O–H groups in total. The van der Waals surface area contributed by atoms with E-state index in [4.69, 9.17) is 5.73 Å². The first-order valence-corrected chi connectivity index (χ1v) is 6.31. The maximum Gasteiger partial charge on any atom is 0.0237 e. The molecule has 1 heterocycles. The van der Waals surface area contributed by atoms with Gasteiger partial charge < -0.3 is 5.73 Å². The molecule has 1 aromatic carbocycles. The summed E-state index contributed by atoms with van der Waals surface area (Å²) in [4.78, 5) is 2.55. The van der Waals surface area contributed by atoms with Crippen LogP contribution in [0.4, 0.5) is 0 Å². The second-order valence-electron chi connectivity index (χ2n) is 4.81. The fraction of sp³-hybridized carbons (Fsp3) is 0.571. The van der Waals surface area contributed by atoms with Crippen LogP contribution in [-0.2, 0) is 6.54 Å². The molecule has 0 aliphatic carbocycles. The molecular weight excluding hydrogens is 196 g/mol. The molecule has 0 amide bonds. The van der Waals surface area contributed by atoms with Gasteiger partial charge in [0.25, 0.3) is 0 Å². The number of rotatable bonds is 4. The quantitative estimate of drug-likeness (QED) is 0.840. The van der Waals surface area contributed by atoms with E-state index >= 15 is 0 Å². The van der Waals surface area contributed by atoms with Crippen molar-refractivity contribution >= 4 is 0 Å². The first-order chi connectivity index (χ1) is 7.83. The summed E-state index contributed by atoms with van der Waals surface area (Å²) in [6.07, 6.45) is 2.56. The molecule has 2 rings (SSSR count). The molecule has 88 valence electrons. The fourth-order valence-electron chi connectivity index (χ4n) is 2.64. The van der Waals surface area contributed by atoms with Crippen molar-refractivity contribution in [1.29, 1.82) is 0 Å². The summed E-state index contributed by atoms with van der Waals surface area (Å²) in [5.41, 5.74) is 7.25. The monoisotopic (exact) mass is 218 g/mol. The van der Waals surface area contributed by atoms with Gasteiger partial charge in [0.2, 0.25) is 0 Å². The summed E-state index contributed by atoms with van der Waals surface area (Å²) in [6, 6.07) is 11.3. The Labute approximate surface area is 98.4 Å². The molecule has 1 fully saturated rings. The second kappa shape index (κ2) is 5.46. The number of nitrogens with two attached hydrogens (primary N) is 1. The highest BCUT2D eigenvalue weighted by molar-refractivity contribution is 5.15. The largest absolute Gasteiger partial charge is 0.329 e. The molecule has 1 aromatic rings. The molecule has 0 aromatic heterocycles. The van der Waals surface area contributed by atoms with Gasteiger partial charge in [0, 0.05) is 25.7 Å². The van der Waals surface area contributed by atoms with Crippen molar-refractivity contribution < 1.29 is 0 Å². The lowest BCUT2D eigenvalue weighted by Crippen LogP contribution is -2.34. The van der Waals surface area contributed by atoms with Crippen LogP contribution in [0.2, 0.25) is 0 Å². The molecule has 2 heteroatoms. The average Bonchev–Trinajstić information content (AvgIpc) is 2.73. The van der Waals surface area contributed by atoms with Crippen LogP contribution >= 0.6 is 0 Å². The normalized spacial score (nSPS) is 26.1. The third kappa shape index (κ3) is 2.63. The molecule has 0 unspecified atom stereocenters. The molecule has 0 bridgehead atoms. The molecule has 2 atom stereocenters. The van der Waals surface area contributed by atoms with Crippen LogP contribution in [0.15, 0.2) is 30.3 Å². The van der Waals surface area contributed by atoms with Gasteiger partial charge in [-0.1, -0.05) is 43.7 Å². The zero-order valence-corrected chi connectivity index (χ0v) is 10.1. The van der Waals surface area contributed by atoms with Gasteiger partial charge in [-0.25, -0.2) is 0 Å².